The number of nitrogens with two attached hydrogens (primary N) is 1. The molecule has 0 aromatic carbocycles. The van der Waals surface area contributed by atoms with Crippen molar-refractivity contribution >= 4 is 22.4 Å². The van der Waals surface area contributed by atoms with Crippen LogP contribution in [0.25, 0.3) is 0 Å². The molecular weight excluding hydrogens is 232 g/mol. The Labute approximate surface area is 105 Å². The predicted octanol–water partition coefficient (Wildman–Crippen LogP) is 2.46. The lowest BCUT2D eigenvalue weighted by Gasteiger charge is -2.21. The van der Waals surface area contributed by atoms with Crippen LogP contribution in [0, 0.1) is 6.92 Å². The predicted molar refractivity (Wildman–Crippen MR) is 72.2 cm³/mol. The van der Waals surface area contributed by atoms with Crippen molar-refractivity contribution < 1.29 is 0 Å². The molecular formula is C12H16N4S. The summed E-state index contributed by atoms with van der Waals surface area (Å²) >= 11 is 1.46. The maximum atomic E-state index is 5.79. The van der Waals surface area contributed by atoms with Crippen molar-refractivity contribution in [2.24, 2.45) is 0 Å². The van der Waals surface area contributed by atoms with E-state index in [1.54, 1.807) is 0 Å². The fourth-order valence-corrected chi connectivity index (χ4v) is 2.54. The van der Waals surface area contributed by atoms with E-state index in [2.05, 4.69) is 21.2 Å². The number of nitrogen functional groups attached to an aromatic ring is 1. The maximum absolute atomic E-state index is 5.79. The second-order valence-corrected chi connectivity index (χ2v) is 4.62. The highest BCUT2D eigenvalue weighted by atomic mass is 32.1. The molecule has 0 amide bonds. The Morgan fingerprint density at radius 1 is 1.35 bits per heavy atom. The molecule has 0 aliphatic rings. The number of hydrogen-bond acceptors (Lipinski definition) is 5. The Morgan fingerprint density at radius 3 is 2.59 bits per heavy atom. The van der Waals surface area contributed by atoms with E-state index in [1.165, 1.54) is 17.1 Å². The van der Waals surface area contributed by atoms with Crippen LogP contribution in [0.3, 0.4) is 0 Å². The summed E-state index contributed by atoms with van der Waals surface area (Å²) in [5.41, 5.74) is 8.11. The van der Waals surface area contributed by atoms with Crippen LogP contribution in [-0.2, 0) is 6.54 Å². The number of hydrogen-bond donors (Lipinski definition) is 1. The van der Waals surface area contributed by atoms with E-state index >= 15 is 0 Å². The lowest BCUT2D eigenvalue weighted by atomic mass is 10.2. The Bertz CT molecular complexity index is 481. The average Bonchev–Trinajstić information content (AvgIpc) is 2.69. The summed E-state index contributed by atoms with van der Waals surface area (Å²) in [5.74, 6) is 0.637. The van der Waals surface area contributed by atoms with Gasteiger partial charge in [-0.1, -0.05) is 0 Å². The van der Waals surface area contributed by atoms with Gasteiger partial charge in [0.1, 0.15) is 10.8 Å². The molecule has 4 nitrogen and oxygen atoms in total. The van der Waals surface area contributed by atoms with Crippen molar-refractivity contribution in [2.45, 2.75) is 20.4 Å². The van der Waals surface area contributed by atoms with Crippen molar-refractivity contribution in [3.05, 3.63) is 35.7 Å². The first-order valence-corrected chi connectivity index (χ1v) is 6.35. The minimum atomic E-state index is 0.637. The van der Waals surface area contributed by atoms with Gasteiger partial charge in [0.25, 0.3) is 0 Å². The van der Waals surface area contributed by atoms with E-state index < -0.39 is 0 Å². The van der Waals surface area contributed by atoms with Gasteiger partial charge in [-0.15, -0.1) is 0 Å². The van der Waals surface area contributed by atoms with Gasteiger partial charge in [0.05, 0.1) is 0 Å². The molecule has 5 heteroatoms. The molecule has 17 heavy (non-hydrogen) atoms. The SMILES string of the molecule is CCN(Cc1ccncc1)c1snc(N)c1C. The molecule has 90 valence electrons. The molecule has 0 aliphatic heterocycles. The molecule has 0 unspecified atom stereocenters. The van der Waals surface area contributed by atoms with Crippen LogP contribution in [0.1, 0.15) is 18.1 Å². The summed E-state index contributed by atoms with van der Waals surface area (Å²) in [4.78, 5) is 6.30. The summed E-state index contributed by atoms with van der Waals surface area (Å²) in [6.45, 7) is 5.95. The Balaban J connectivity index is 2.20. The highest BCUT2D eigenvalue weighted by molar-refractivity contribution is 7.10. The van der Waals surface area contributed by atoms with Crippen LogP contribution in [0.5, 0.6) is 0 Å². The average molecular weight is 248 g/mol. The fourth-order valence-electron chi connectivity index (χ4n) is 1.67. The highest BCUT2D eigenvalue weighted by Gasteiger charge is 2.13. The Morgan fingerprint density at radius 2 is 2.06 bits per heavy atom. The molecule has 0 bridgehead atoms. The zero-order chi connectivity index (χ0) is 12.3. The number of rotatable bonds is 4. The van der Waals surface area contributed by atoms with E-state index in [9.17, 15) is 0 Å². The first-order chi connectivity index (χ1) is 8.22. The molecule has 2 heterocycles. The summed E-state index contributed by atoms with van der Waals surface area (Å²) in [5, 5.41) is 1.15. The van der Waals surface area contributed by atoms with E-state index in [0.29, 0.717) is 5.82 Å². The standard InChI is InChI=1S/C12H16N4S/c1-3-16(8-10-4-6-14-7-5-10)12-9(2)11(13)15-17-12/h4-7H,3,8H2,1-2H3,(H2,13,15). The van der Waals surface area contributed by atoms with Gasteiger partial charge in [-0.25, -0.2) is 0 Å². The highest BCUT2D eigenvalue weighted by Crippen LogP contribution is 2.30. The second-order valence-electron chi connectivity index (χ2n) is 3.87. The molecule has 2 N–H and O–H groups in total. The number of pyridine rings is 1. The van der Waals surface area contributed by atoms with Crippen molar-refractivity contribution in [3.63, 3.8) is 0 Å². The zero-order valence-corrected chi connectivity index (χ0v) is 10.9. The first-order valence-electron chi connectivity index (χ1n) is 5.58. The molecule has 2 aromatic rings. The van der Waals surface area contributed by atoms with Crippen LogP contribution >= 0.6 is 11.5 Å². The molecule has 0 atom stereocenters. The summed E-state index contributed by atoms with van der Waals surface area (Å²) in [6.07, 6.45) is 3.63. The molecule has 0 aliphatic carbocycles. The van der Waals surface area contributed by atoms with Gasteiger partial charge in [-0.05, 0) is 43.1 Å². The Hall–Kier alpha value is -1.62. The quantitative estimate of drug-likeness (QED) is 0.903. The van der Waals surface area contributed by atoms with Crippen LogP contribution in [0.2, 0.25) is 0 Å². The molecule has 2 aromatic heterocycles. The second kappa shape index (κ2) is 5.14. The van der Waals surface area contributed by atoms with E-state index in [-0.39, 0.29) is 0 Å². The molecule has 0 saturated heterocycles. The molecule has 0 spiro atoms. The van der Waals surface area contributed by atoms with Gasteiger partial charge in [0, 0.05) is 31.0 Å². The van der Waals surface area contributed by atoms with Gasteiger partial charge in [0.15, 0.2) is 0 Å². The number of nitrogens with zero attached hydrogens (tertiary/aromatic N) is 3. The van der Waals surface area contributed by atoms with Gasteiger partial charge in [-0.3, -0.25) is 4.98 Å². The van der Waals surface area contributed by atoms with Crippen molar-refractivity contribution in [1.29, 1.82) is 0 Å². The van der Waals surface area contributed by atoms with Crippen molar-refractivity contribution in [2.75, 3.05) is 17.2 Å². The lowest BCUT2D eigenvalue weighted by Crippen LogP contribution is -2.21. The Kier molecular flexibility index (Phi) is 3.58. The van der Waals surface area contributed by atoms with Gasteiger partial charge >= 0.3 is 0 Å². The third kappa shape index (κ3) is 2.55. The van der Waals surface area contributed by atoms with Crippen LogP contribution in [0.4, 0.5) is 10.8 Å². The normalized spacial score (nSPS) is 10.5. The van der Waals surface area contributed by atoms with E-state index in [4.69, 9.17) is 5.73 Å². The molecule has 2 rings (SSSR count). The largest absolute Gasteiger partial charge is 0.383 e. The molecule has 0 radical (unpaired) electrons. The lowest BCUT2D eigenvalue weighted by molar-refractivity contribution is 0.836. The van der Waals surface area contributed by atoms with Crippen molar-refractivity contribution in [3.8, 4) is 0 Å². The van der Waals surface area contributed by atoms with Gasteiger partial charge in [-0.2, -0.15) is 4.37 Å². The maximum Gasteiger partial charge on any atom is 0.142 e. The van der Waals surface area contributed by atoms with Crippen LogP contribution in [0.15, 0.2) is 24.5 Å². The summed E-state index contributed by atoms with van der Waals surface area (Å²) in [7, 11) is 0. The van der Waals surface area contributed by atoms with E-state index in [0.717, 1.165) is 23.7 Å². The van der Waals surface area contributed by atoms with Crippen molar-refractivity contribution in [1.82, 2.24) is 9.36 Å². The van der Waals surface area contributed by atoms with Crippen LogP contribution in [-0.4, -0.2) is 15.9 Å². The topological polar surface area (TPSA) is 55.0 Å². The minimum absolute atomic E-state index is 0.637. The minimum Gasteiger partial charge on any atom is -0.383 e. The third-order valence-electron chi connectivity index (χ3n) is 2.73. The molecule has 0 saturated carbocycles. The van der Waals surface area contributed by atoms with Gasteiger partial charge in [0.2, 0.25) is 0 Å². The zero-order valence-electron chi connectivity index (χ0n) is 10.1. The smallest absolute Gasteiger partial charge is 0.142 e. The number of anilines is 2. The van der Waals surface area contributed by atoms with Gasteiger partial charge < -0.3 is 10.6 Å². The summed E-state index contributed by atoms with van der Waals surface area (Å²) in [6, 6.07) is 4.06. The van der Waals surface area contributed by atoms with E-state index in [1.807, 2.05) is 31.5 Å². The van der Waals surface area contributed by atoms with Crippen LogP contribution < -0.4 is 10.6 Å². The summed E-state index contributed by atoms with van der Waals surface area (Å²) < 4.78 is 4.19. The number of aromatic nitrogens is 2. The monoisotopic (exact) mass is 248 g/mol. The molecule has 0 fully saturated rings. The fraction of sp³-hybridized carbons (Fsp3) is 0.333. The third-order valence-corrected chi connectivity index (χ3v) is 3.75. The first kappa shape index (κ1) is 11.9.